The van der Waals surface area contributed by atoms with Crippen LogP contribution in [0.5, 0.6) is 5.75 Å². The molecule has 0 saturated carbocycles. The monoisotopic (exact) mass is 375 g/mol. The van der Waals surface area contributed by atoms with Crippen LogP contribution in [0.25, 0.3) is 10.9 Å². The molecule has 2 N–H and O–H groups in total. The van der Waals surface area contributed by atoms with Gasteiger partial charge in [0.1, 0.15) is 5.75 Å². The van der Waals surface area contributed by atoms with E-state index in [1.807, 2.05) is 31.2 Å². The van der Waals surface area contributed by atoms with E-state index in [-0.39, 0.29) is 12.5 Å². The molecule has 0 aliphatic carbocycles. The fourth-order valence-corrected chi connectivity index (χ4v) is 2.86. The van der Waals surface area contributed by atoms with E-state index in [0.717, 1.165) is 22.2 Å². The average Bonchev–Trinajstić information content (AvgIpc) is 2.90. The summed E-state index contributed by atoms with van der Waals surface area (Å²) >= 11 is 11.8. The fraction of sp³-hybridized carbons (Fsp3) is 0.111. The lowest BCUT2D eigenvalue weighted by Gasteiger charge is -2.06. The third-order valence-electron chi connectivity index (χ3n) is 3.58. The number of H-pyrrole nitrogens is 1. The van der Waals surface area contributed by atoms with Crippen molar-refractivity contribution in [2.75, 3.05) is 6.61 Å². The highest BCUT2D eigenvalue weighted by molar-refractivity contribution is 6.35. The maximum atomic E-state index is 11.8. The van der Waals surface area contributed by atoms with Gasteiger partial charge in [-0.2, -0.15) is 5.10 Å². The standard InChI is InChI=1S/C18H15Cl2N3O2/c1-11-14(13-4-2-3-5-16(13)22-11)9-21-23-18(24)10-25-17-7-6-12(19)8-15(17)20/h2-9,22H,10H2,1H3,(H,23,24)/b21-9+. The van der Waals surface area contributed by atoms with E-state index in [0.29, 0.717) is 15.8 Å². The molecule has 0 aliphatic rings. The van der Waals surface area contributed by atoms with Crippen LogP contribution in [-0.2, 0) is 4.79 Å². The summed E-state index contributed by atoms with van der Waals surface area (Å²) < 4.78 is 5.35. The first kappa shape index (κ1) is 17.3. The molecular weight excluding hydrogens is 361 g/mol. The number of fused-ring (bicyclic) bond motifs is 1. The van der Waals surface area contributed by atoms with Gasteiger partial charge >= 0.3 is 0 Å². The Kier molecular flexibility index (Phi) is 5.26. The van der Waals surface area contributed by atoms with Crippen molar-refractivity contribution < 1.29 is 9.53 Å². The molecule has 0 atom stereocenters. The quantitative estimate of drug-likeness (QED) is 0.515. The Hall–Kier alpha value is -2.50. The molecule has 0 unspecified atom stereocenters. The summed E-state index contributed by atoms with van der Waals surface area (Å²) in [6.45, 7) is 1.75. The molecule has 1 amide bonds. The van der Waals surface area contributed by atoms with Gasteiger partial charge in [-0.15, -0.1) is 0 Å². The average molecular weight is 376 g/mol. The molecule has 0 saturated heterocycles. The third-order valence-corrected chi connectivity index (χ3v) is 4.11. The zero-order valence-electron chi connectivity index (χ0n) is 13.3. The van der Waals surface area contributed by atoms with Gasteiger partial charge < -0.3 is 9.72 Å². The van der Waals surface area contributed by atoms with Crippen LogP contribution in [-0.4, -0.2) is 23.7 Å². The van der Waals surface area contributed by atoms with Crippen LogP contribution in [0.15, 0.2) is 47.6 Å². The van der Waals surface area contributed by atoms with E-state index >= 15 is 0 Å². The Morgan fingerprint density at radius 3 is 2.88 bits per heavy atom. The molecule has 25 heavy (non-hydrogen) atoms. The molecular formula is C18H15Cl2N3O2. The molecule has 7 heteroatoms. The molecule has 128 valence electrons. The molecule has 1 heterocycles. The van der Waals surface area contributed by atoms with Crippen molar-refractivity contribution >= 4 is 46.2 Å². The number of hydrogen-bond acceptors (Lipinski definition) is 3. The minimum atomic E-state index is -0.389. The molecule has 3 aromatic rings. The maximum Gasteiger partial charge on any atom is 0.277 e. The minimum Gasteiger partial charge on any atom is -0.482 e. The summed E-state index contributed by atoms with van der Waals surface area (Å²) in [7, 11) is 0. The second kappa shape index (κ2) is 7.59. The number of para-hydroxylation sites is 1. The molecule has 0 bridgehead atoms. The number of hydrazone groups is 1. The lowest BCUT2D eigenvalue weighted by Crippen LogP contribution is -2.24. The number of rotatable bonds is 5. The molecule has 1 aromatic heterocycles. The lowest BCUT2D eigenvalue weighted by atomic mass is 10.1. The number of hydrogen-bond donors (Lipinski definition) is 2. The number of aromatic nitrogens is 1. The normalized spacial score (nSPS) is 11.2. The second-order valence-corrected chi connectivity index (χ2v) is 6.21. The molecule has 0 spiro atoms. The summed E-state index contributed by atoms with van der Waals surface area (Å²) in [4.78, 5) is 15.1. The maximum absolute atomic E-state index is 11.8. The SMILES string of the molecule is Cc1[nH]c2ccccc2c1/C=N/NC(=O)COc1ccc(Cl)cc1Cl. The first-order valence-electron chi connectivity index (χ1n) is 7.51. The molecule has 5 nitrogen and oxygen atoms in total. The molecule has 2 aromatic carbocycles. The van der Waals surface area contributed by atoms with Gasteiger partial charge in [-0.1, -0.05) is 41.4 Å². The van der Waals surface area contributed by atoms with Crippen molar-refractivity contribution in [2.24, 2.45) is 5.10 Å². The predicted molar refractivity (Wildman–Crippen MR) is 101 cm³/mol. The summed E-state index contributed by atoms with van der Waals surface area (Å²) in [5.41, 5.74) is 5.36. The highest BCUT2D eigenvalue weighted by atomic mass is 35.5. The van der Waals surface area contributed by atoms with Gasteiger partial charge in [-0.25, -0.2) is 5.43 Å². The minimum absolute atomic E-state index is 0.203. The first-order chi connectivity index (χ1) is 12.0. The highest BCUT2D eigenvalue weighted by Crippen LogP contribution is 2.27. The summed E-state index contributed by atoms with van der Waals surface area (Å²) in [5, 5.41) is 5.88. The zero-order valence-corrected chi connectivity index (χ0v) is 14.9. The van der Waals surface area contributed by atoms with Crippen molar-refractivity contribution in [1.82, 2.24) is 10.4 Å². The van der Waals surface area contributed by atoms with Crippen molar-refractivity contribution in [3.8, 4) is 5.75 Å². The van der Waals surface area contributed by atoms with Crippen LogP contribution in [0.1, 0.15) is 11.3 Å². The van der Waals surface area contributed by atoms with Crippen LogP contribution in [0.2, 0.25) is 10.0 Å². The van der Waals surface area contributed by atoms with Gasteiger partial charge in [0.05, 0.1) is 11.2 Å². The second-order valence-electron chi connectivity index (χ2n) is 5.37. The summed E-state index contributed by atoms with van der Waals surface area (Å²) in [6.07, 6.45) is 1.61. The van der Waals surface area contributed by atoms with Crippen LogP contribution in [0.3, 0.4) is 0 Å². The van der Waals surface area contributed by atoms with E-state index in [1.54, 1.807) is 24.4 Å². The van der Waals surface area contributed by atoms with E-state index < -0.39 is 0 Å². The van der Waals surface area contributed by atoms with Crippen LogP contribution in [0, 0.1) is 6.92 Å². The number of carbonyl (C=O) groups excluding carboxylic acids is 1. The number of ether oxygens (including phenoxy) is 1. The number of halogens is 2. The number of carbonyl (C=O) groups is 1. The van der Waals surface area contributed by atoms with Crippen LogP contribution >= 0.6 is 23.2 Å². The Labute approximate surface area is 154 Å². The van der Waals surface area contributed by atoms with Gasteiger partial charge in [0.2, 0.25) is 0 Å². The largest absolute Gasteiger partial charge is 0.482 e. The number of aromatic amines is 1. The van der Waals surface area contributed by atoms with E-state index in [1.165, 1.54) is 0 Å². The van der Waals surface area contributed by atoms with Gasteiger partial charge in [-0.05, 0) is 31.2 Å². The van der Waals surface area contributed by atoms with Crippen molar-refractivity contribution in [3.63, 3.8) is 0 Å². The van der Waals surface area contributed by atoms with Gasteiger partial charge in [0.25, 0.3) is 5.91 Å². The molecule has 3 rings (SSSR count). The topological polar surface area (TPSA) is 66.5 Å². The van der Waals surface area contributed by atoms with E-state index in [4.69, 9.17) is 27.9 Å². The number of aryl methyl sites for hydroxylation is 1. The van der Waals surface area contributed by atoms with Gasteiger partial charge in [0.15, 0.2) is 6.61 Å². The number of amides is 1. The predicted octanol–water partition coefficient (Wildman–Crippen LogP) is 4.31. The summed E-state index contributed by atoms with van der Waals surface area (Å²) in [5.74, 6) is -0.00238. The Morgan fingerprint density at radius 1 is 1.28 bits per heavy atom. The van der Waals surface area contributed by atoms with Crippen molar-refractivity contribution in [1.29, 1.82) is 0 Å². The van der Waals surface area contributed by atoms with E-state index in [2.05, 4.69) is 15.5 Å². The van der Waals surface area contributed by atoms with Crippen molar-refractivity contribution in [2.45, 2.75) is 6.92 Å². The number of nitrogens with one attached hydrogen (secondary N) is 2. The molecule has 0 fully saturated rings. The number of nitrogens with zero attached hydrogens (tertiary/aromatic N) is 1. The Balaban J connectivity index is 1.60. The smallest absolute Gasteiger partial charge is 0.277 e. The van der Waals surface area contributed by atoms with Crippen LogP contribution in [0.4, 0.5) is 0 Å². The third kappa shape index (κ3) is 4.13. The van der Waals surface area contributed by atoms with Gasteiger partial charge in [-0.3, -0.25) is 4.79 Å². The molecule has 0 aliphatic heterocycles. The Morgan fingerprint density at radius 2 is 2.08 bits per heavy atom. The highest BCUT2D eigenvalue weighted by Gasteiger charge is 2.07. The zero-order chi connectivity index (χ0) is 17.8. The van der Waals surface area contributed by atoms with Crippen LogP contribution < -0.4 is 10.2 Å². The number of benzene rings is 2. The van der Waals surface area contributed by atoms with Gasteiger partial charge in [0, 0.05) is 27.2 Å². The Bertz CT molecular complexity index is 951. The first-order valence-corrected chi connectivity index (χ1v) is 8.27. The lowest BCUT2D eigenvalue weighted by molar-refractivity contribution is -0.123. The molecule has 0 radical (unpaired) electrons. The van der Waals surface area contributed by atoms with E-state index in [9.17, 15) is 4.79 Å². The summed E-state index contributed by atoms with van der Waals surface area (Å²) in [6, 6.07) is 12.7. The van der Waals surface area contributed by atoms with Crippen molar-refractivity contribution in [3.05, 3.63) is 63.8 Å². The fourth-order valence-electron chi connectivity index (χ4n) is 2.40.